The second-order valence-electron chi connectivity index (χ2n) is 5.90. The zero-order valence-electron chi connectivity index (χ0n) is 11.5. The van der Waals surface area contributed by atoms with E-state index in [1.165, 1.54) is 19.3 Å². The first-order chi connectivity index (χ1) is 8.50. The SMILES string of the molecule is Cc1ncccc1C(=O)NC1CCCCC1(C)C. The summed E-state index contributed by atoms with van der Waals surface area (Å²) in [7, 11) is 0. The van der Waals surface area contributed by atoms with Crippen molar-refractivity contribution in [1.82, 2.24) is 10.3 Å². The summed E-state index contributed by atoms with van der Waals surface area (Å²) >= 11 is 0. The van der Waals surface area contributed by atoms with Gasteiger partial charge in [-0.15, -0.1) is 0 Å². The molecule has 1 amide bonds. The van der Waals surface area contributed by atoms with Gasteiger partial charge in [0.25, 0.3) is 5.91 Å². The summed E-state index contributed by atoms with van der Waals surface area (Å²) in [6, 6.07) is 3.93. The number of nitrogens with one attached hydrogen (secondary N) is 1. The lowest BCUT2D eigenvalue weighted by Gasteiger charge is -2.39. The van der Waals surface area contributed by atoms with E-state index in [0.717, 1.165) is 12.1 Å². The van der Waals surface area contributed by atoms with Crippen LogP contribution < -0.4 is 5.32 Å². The highest BCUT2D eigenvalue weighted by atomic mass is 16.1. The summed E-state index contributed by atoms with van der Waals surface area (Å²) in [4.78, 5) is 16.4. The van der Waals surface area contributed by atoms with Crippen LogP contribution in [0.2, 0.25) is 0 Å². The van der Waals surface area contributed by atoms with Crippen LogP contribution in [0.15, 0.2) is 18.3 Å². The van der Waals surface area contributed by atoms with Crippen molar-refractivity contribution in [2.24, 2.45) is 5.41 Å². The molecule has 1 aromatic heterocycles. The quantitative estimate of drug-likeness (QED) is 0.871. The van der Waals surface area contributed by atoms with E-state index in [4.69, 9.17) is 0 Å². The Hall–Kier alpha value is -1.38. The highest BCUT2D eigenvalue weighted by Gasteiger charge is 2.33. The van der Waals surface area contributed by atoms with Gasteiger partial charge in [0.1, 0.15) is 0 Å². The largest absolute Gasteiger partial charge is 0.349 e. The Morgan fingerprint density at radius 3 is 2.89 bits per heavy atom. The lowest BCUT2D eigenvalue weighted by molar-refractivity contribution is 0.0852. The van der Waals surface area contributed by atoms with Gasteiger partial charge in [-0.1, -0.05) is 26.7 Å². The van der Waals surface area contributed by atoms with Crippen molar-refractivity contribution < 1.29 is 4.79 Å². The first kappa shape index (κ1) is 13.1. The summed E-state index contributed by atoms with van der Waals surface area (Å²) in [5, 5.41) is 3.19. The van der Waals surface area contributed by atoms with Gasteiger partial charge < -0.3 is 5.32 Å². The Morgan fingerprint density at radius 2 is 2.22 bits per heavy atom. The fourth-order valence-corrected chi connectivity index (χ4v) is 2.72. The Kier molecular flexibility index (Phi) is 3.69. The standard InChI is InChI=1S/C15H22N2O/c1-11-12(7-6-10-16-11)14(18)17-13-8-4-5-9-15(13,2)3/h6-7,10,13H,4-5,8-9H2,1-3H3,(H,17,18). The fraction of sp³-hybridized carbons (Fsp3) is 0.600. The molecule has 0 radical (unpaired) electrons. The third kappa shape index (κ3) is 2.71. The van der Waals surface area contributed by atoms with Gasteiger partial charge in [-0.25, -0.2) is 0 Å². The van der Waals surface area contributed by atoms with E-state index >= 15 is 0 Å². The van der Waals surface area contributed by atoms with Crippen molar-refractivity contribution in [2.75, 3.05) is 0 Å². The number of amides is 1. The van der Waals surface area contributed by atoms with Crippen LogP contribution in [-0.2, 0) is 0 Å². The van der Waals surface area contributed by atoms with Gasteiger partial charge in [-0.3, -0.25) is 9.78 Å². The zero-order chi connectivity index (χ0) is 13.2. The van der Waals surface area contributed by atoms with E-state index in [1.54, 1.807) is 6.20 Å². The molecular weight excluding hydrogens is 224 g/mol. The van der Waals surface area contributed by atoms with Gasteiger partial charge in [0.2, 0.25) is 0 Å². The first-order valence-electron chi connectivity index (χ1n) is 6.73. The van der Waals surface area contributed by atoms with E-state index in [1.807, 2.05) is 19.1 Å². The minimum atomic E-state index is 0.0144. The first-order valence-corrected chi connectivity index (χ1v) is 6.73. The minimum absolute atomic E-state index is 0.0144. The molecule has 1 heterocycles. The zero-order valence-corrected chi connectivity index (χ0v) is 11.5. The van der Waals surface area contributed by atoms with Gasteiger partial charge in [0.15, 0.2) is 0 Å². The molecule has 3 nitrogen and oxygen atoms in total. The smallest absolute Gasteiger partial charge is 0.253 e. The molecule has 0 bridgehead atoms. The maximum atomic E-state index is 12.3. The molecule has 0 aromatic carbocycles. The third-order valence-electron chi connectivity index (χ3n) is 4.06. The van der Waals surface area contributed by atoms with Crippen LogP contribution in [0.3, 0.4) is 0 Å². The molecule has 3 heteroatoms. The lowest BCUT2D eigenvalue weighted by Crippen LogP contribution is -2.47. The van der Waals surface area contributed by atoms with Crippen molar-refractivity contribution in [3.8, 4) is 0 Å². The van der Waals surface area contributed by atoms with Crippen LogP contribution in [0, 0.1) is 12.3 Å². The summed E-state index contributed by atoms with van der Waals surface area (Å²) in [5.41, 5.74) is 1.69. The van der Waals surface area contributed by atoms with E-state index in [2.05, 4.69) is 24.1 Å². The molecule has 1 aromatic rings. The van der Waals surface area contributed by atoms with Gasteiger partial charge in [0.05, 0.1) is 5.56 Å². The van der Waals surface area contributed by atoms with E-state index in [0.29, 0.717) is 5.56 Å². The number of aromatic nitrogens is 1. The Bertz CT molecular complexity index is 440. The molecule has 1 aliphatic carbocycles. The highest BCUT2D eigenvalue weighted by molar-refractivity contribution is 5.95. The van der Waals surface area contributed by atoms with Crippen LogP contribution in [0.4, 0.5) is 0 Å². The van der Waals surface area contributed by atoms with E-state index in [9.17, 15) is 4.79 Å². The van der Waals surface area contributed by atoms with Crippen LogP contribution in [0.25, 0.3) is 0 Å². The summed E-state index contributed by atoms with van der Waals surface area (Å²) < 4.78 is 0. The Morgan fingerprint density at radius 1 is 1.44 bits per heavy atom. The van der Waals surface area contributed by atoms with Gasteiger partial charge >= 0.3 is 0 Å². The molecule has 1 saturated carbocycles. The number of pyridine rings is 1. The number of aryl methyl sites for hydroxylation is 1. The van der Waals surface area contributed by atoms with Gasteiger partial charge in [0, 0.05) is 17.9 Å². The highest BCUT2D eigenvalue weighted by Crippen LogP contribution is 2.35. The molecule has 1 aliphatic rings. The summed E-state index contributed by atoms with van der Waals surface area (Å²) in [6.45, 7) is 6.36. The molecular formula is C15H22N2O. The van der Waals surface area contributed by atoms with Gasteiger partial charge in [-0.05, 0) is 37.3 Å². The lowest BCUT2D eigenvalue weighted by atomic mass is 9.73. The molecule has 1 unspecified atom stereocenters. The molecule has 0 saturated heterocycles. The third-order valence-corrected chi connectivity index (χ3v) is 4.06. The monoisotopic (exact) mass is 246 g/mol. The molecule has 1 atom stereocenters. The molecule has 1 fully saturated rings. The minimum Gasteiger partial charge on any atom is -0.349 e. The molecule has 0 aliphatic heterocycles. The predicted molar refractivity (Wildman–Crippen MR) is 72.5 cm³/mol. The molecule has 98 valence electrons. The average molecular weight is 246 g/mol. The van der Waals surface area contributed by atoms with Crippen molar-refractivity contribution in [3.05, 3.63) is 29.6 Å². The van der Waals surface area contributed by atoms with Crippen LogP contribution >= 0.6 is 0 Å². The fourth-order valence-electron chi connectivity index (χ4n) is 2.72. The Labute approximate surface area is 109 Å². The molecule has 18 heavy (non-hydrogen) atoms. The number of hydrogen-bond donors (Lipinski definition) is 1. The van der Waals surface area contributed by atoms with Crippen molar-refractivity contribution in [3.63, 3.8) is 0 Å². The number of nitrogens with zero attached hydrogens (tertiary/aromatic N) is 1. The molecule has 2 rings (SSSR count). The maximum Gasteiger partial charge on any atom is 0.253 e. The average Bonchev–Trinajstić information content (AvgIpc) is 2.32. The second kappa shape index (κ2) is 5.09. The predicted octanol–water partition coefficient (Wildman–Crippen LogP) is 3.09. The van der Waals surface area contributed by atoms with Crippen LogP contribution in [0.1, 0.15) is 55.6 Å². The molecule has 1 N–H and O–H groups in total. The van der Waals surface area contributed by atoms with Crippen LogP contribution in [0.5, 0.6) is 0 Å². The number of hydrogen-bond acceptors (Lipinski definition) is 2. The van der Waals surface area contributed by atoms with Crippen molar-refractivity contribution >= 4 is 5.91 Å². The van der Waals surface area contributed by atoms with Crippen molar-refractivity contribution in [1.29, 1.82) is 0 Å². The summed E-state index contributed by atoms with van der Waals surface area (Å²) in [6.07, 6.45) is 6.46. The number of carbonyl (C=O) groups excluding carboxylic acids is 1. The second-order valence-corrected chi connectivity index (χ2v) is 5.90. The Balaban J connectivity index is 2.10. The van der Waals surface area contributed by atoms with Gasteiger partial charge in [-0.2, -0.15) is 0 Å². The number of rotatable bonds is 2. The van der Waals surface area contributed by atoms with E-state index < -0.39 is 0 Å². The van der Waals surface area contributed by atoms with Crippen molar-refractivity contribution in [2.45, 2.75) is 52.5 Å². The van der Waals surface area contributed by atoms with Crippen LogP contribution in [-0.4, -0.2) is 16.9 Å². The maximum absolute atomic E-state index is 12.3. The van der Waals surface area contributed by atoms with E-state index in [-0.39, 0.29) is 17.4 Å². The normalized spacial score (nSPS) is 22.5. The summed E-state index contributed by atoms with van der Waals surface area (Å²) in [5.74, 6) is 0.0144. The molecule has 0 spiro atoms. The number of carbonyl (C=O) groups is 1. The topological polar surface area (TPSA) is 42.0 Å².